The number of nitrogens with zero attached hydrogens (tertiary/aromatic N) is 5. The van der Waals surface area contributed by atoms with Gasteiger partial charge in [-0.1, -0.05) is 12.1 Å². The maximum atomic E-state index is 12.9. The number of halogens is 1. The summed E-state index contributed by atoms with van der Waals surface area (Å²) in [6.45, 7) is 0.307. The smallest absolute Gasteiger partial charge is 0.362 e. The molecule has 0 saturated carbocycles. The first-order chi connectivity index (χ1) is 12.5. The van der Waals surface area contributed by atoms with Gasteiger partial charge in [-0.2, -0.15) is 0 Å². The fourth-order valence-corrected chi connectivity index (χ4v) is 2.16. The number of ether oxygens (including phenoxy) is 1. The van der Waals surface area contributed by atoms with Gasteiger partial charge in [0, 0.05) is 0 Å². The van der Waals surface area contributed by atoms with Crippen LogP contribution in [-0.2, 0) is 6.54 Å². The summed E-state index contributed by atoms with van der Waals surface area (Å²) in [5.41, 5.74) is -0.194. The van der Waals surface area contributed by atoms with Crippen molar-refractivity contribution in [3.05, 3.63) is 57.8 Å². The first kappa shape index (κ1) is 17.0. The molecule has 134 valence electrons. The summed E-state index contributed by atoms with van der Waals surface area (Å²) < 4.78 is 19.1. The monoisotopic (exact) mass is 361 g/mol. The second kappa shape index (κ2) is 6.96. The van der Waals surface area contributed by atoms with Gasteiger partial charge in [0.05, 0.1) is 18.6 Å². The number of hydrogen-bond donors (Lipinski definition) is 2. The molecule has 3 aromatic rings. The number of hydrogen-bond acceptors (Lipinski definition) is 7. The van der Waals surface area contributed by atoms with Gasteiger partial charge in [-0.25, -0.2) is 14.1 Å². The van der Waals surface area contributed by atoms with E-state index in [0.717, 1.165) is 5.56 Å². The van der Waals surface area contributed by atoms with Crippen LogP contribution in [0.25, 0.3) is 0 Å². The number of benzene rings is 1. The van der Waals surface area contributed by atoms with E-state index in [9.17, 15) is 19.3 Å². The second-order valence-electron chi connectivity index (χ2n) is 5.06. The standard InChI is InChI=1S/C14H12FN7O4/c1-26-13-11(22(24)25)10(18-19-13)12(23)17-14-16-7-21(20-14)6-8-2-4-9(15)5-3-8/h2-5,7H,6H2,1H3,(H,18,19)(H,17,20,23). The molecule has 0 aliphatic carbocycles. The van der Waals surface area contributed by atoms with Crippen molar-refractivity contribution < 1.29 is 18.8 Å². The lowest BCUT2D eigenvalue weighted by Crippen LogP contribution is -2.15. The normalized spacial score (nSPS) is 10.5. The van der Waals surface area contributed by atoms with Gasteiger partial charge in [0.2, 0.25) is 11.6 Å². The van der Waals surface area contributed by atoms with Crippen LogP contribution >= 0.6 is 0 Å². The van der Waals surface area contributed by atoms with Gasteiger partial charge in [0.1, 0.15) is 12.1 Å². The molecule has 0 fully saturated rings. The van der Waals surface area contributed by atoms with Gasteiger partial charge >= 0.3 is 11.6 Å². The molecule has 0 bridgehead atoms. The van der Waals surface area contributed by atoms with Crippen LogP contribution < -0.4 is 10.1 Å². The highest BCUT2D eigenvalue weighted by molar-refractivity contribution is 6.05. The van der Waals surface area contributed by atoms with E-state index in [1.54, 1.807) is 12.1 Å². The summed E-state index contributed by atoms with van der Waals surface area (Å²) >= 11 is 0. The average Bonchev–Trinajstić information content (AvgIpc) is 3.23. The van der Waals surface area contributed by atoms with Gasteiger partial charge < -0.3 is 4.74 Å². The van der Waals surface area contributed by atoms with E-state index in [-0.39, 0.29) is 23.3 Å². The molecule has 0 atom stereocenters. The lowest BCUT2D eigenvalue weighted by Gasteiger charge is -2.01. The molecule has 12 heteroatoms. The van der Waals surface area contributed by atoms with Crippen LogP contribution in [0.15, 0.2) is 30.6 Å². The van der Waals surface area contributed by atoms with Crippen LogP contribution in [0, 0.1) is 15.9 Å². The van der Waals surface area contributed by atoms with Crippen molar-refractivity contribution in [1.82, 2.24) is 25.0 Å². The van der Waals surface area contributed by atoms with Crippen molar-refractivity contribution in [2.24, 2.45) is 0 Å². The molecule has 0 aliphatic heterocycles. The maximum Gasteiger partial charge on any atom is 0.362 e. The largest absolute Gasteiger partial charge is 0.475 e. The molecule has 0 radical (unpaired) electrons. The number of methoxy groups -OCH3 is 1. The van der Waals surface area contributed by atoms with E-state index >= 15 is 0 Å². The average molecular weight is 361 g/mol. The molecular weight excluding hydrogens is 349 g/mol. The quantitative estimate of drug-likeness (QED) is 0.499. The molecule has 1 amide bonds. The van der Waals surface area contributed by atoms with Crippen LogP contribution in [0.3, 0.4) is 0 Å². The number of anilines is 1. The molecule has 0 unspecified atom stereocenters. The molecular formula is C14H12FN7O4. The summed E-state index contributed by atoms with van der Waals surface area (Å²) in [5.74, 6) is -1.56. The van der Waals surface area contributed by atoms with Crippen LogP contribution in [0.1, 0.15) is 16.1 Å². The first-order valence-corrected chi connectivity index (χ1v) is 7.20. The van der Waals surface area contributed by atoms with Crippen LogP contribution in [0.2, 0.25) is 0 Å². The number of carbonyl (C=O) groups is 1. The zero-order valence-corrected chi connectivity index (χ0v) is 13.3. The number of carbonyl (C=O) groups excluding carboxylic acids is 1. The van der Waals surface area contributed by atoms with Gasteiger partial charge in [0.15, 0.2) is 0 Å². The predicted molar refractivity (Wildman–Crippen MR) is 85.3 cm³/mol. The topological polar surface area (TPSA) is 141 Å². The number of H-pyrrole nitrogens is 1. The van der Waals surface area contributed by atoms with Gasteiger partial charge in [-0.3, -0.25) is 25.3 Å². The van der Waals surface area contributed by atoms with Crippen molar-refractivity contribution in [1.29, 1.82) is 0 Å². The summed E-state index contributed by atoms with van der Waals surface area (Å²) in [4.78, 5) is 26.4. The van der Waals surface area contributed by atoms with E-state index in [1.165, 1.54) is 30.3 Å². The number of nitro groups is 1. The lowest BCUT2D eigenvalue weighted by molar-refractivity contribution is -0.386. The predicted octanol–water partition coefficient (Wildman–Crippen LogP) is 1.36. The third kappa shape index (κ3) is 3.48. The SMILES string of the molecule is COc1n[nH]c(C(=O)Nc2ncn(Cc3ccc(F)cc3)n2)c1[N+](=O)[O-]. The molecule has 2 heterocycles. The number of nitrogens with one attached hydrogen (secondary N) is 2. The molecule has 2 aromatic heterocycles. The highest BCUT2D eigenvalue weighted by Crippen LogP contribution is 2.27. The van der Waals surface area contributed by atoms with Crippen LogP contribution in [-0.4, -0.2) is 42.9 Å². The minimum atomic E-state index is -0.841. The fraction of sp³-hybridized carbons (Fsp3) is 0.143. The molecule has 2 N–H and O–H groups in total. The molecule has 0 saturated heterocycles. The molecule has 11 nitrogen and oxygen atoms in total. The van der Waals surface area contributed by atoms with Gasteiger partial charge in [-0.15, -0.1) is 10.2 Å². The fourth-order valence-electron chi connectivity index (χ4n) is 2.16. The van der Waals surface area contributed by atoms with E-state index < -0.39 is 16.5 Å². The maximum absolute atomic E-state index is 12.9. The Morgan fingerprint density at radius 3 is 2.81 bits per heavy atom. The Balaban J connectivity index is 1.73. The molecule has 3 rings (SSSR count). The van der Waals surface area contributed by atoms with E-state index in [2.05, 4.69) is 25.6 Å². The Kier molecular flexibility index (Phi) is 4.55. The molecule has 0 aliphatic rings. The van der Waals surface area contributed by atoms with E-state index in [0.29, 0.717) is 6.54 Å². The minimum Gasteiger partial charge on any atom is -0.475 e. The number of amides is 1. The van der Waals surface area contributed by atoms with Crippen molar-refractivity contribution >= 4 is 17.5 Å². The summed E-state index contributed by atoms with van der Waals surface area (Å²) in [7, 11) is 1.20. The van der Waals surface area contributed by atoms with Crippen LogP contribution in [0.4, 0.5) is 16.0 Å². The first-order valence-electron chi connectivity index (χ1n) is 7.20. The summed E-state index contributed by atoms with van der Waals surface area (Å²) in [6, 6.07) is 5.82. The summed E-state index contributed by atoms with van der Waals surface area (Å²) in [6.07, 6.45) is 1.36. The third-order valence-corrected chi connectivity index (χ3v) is 3.33. The Morgan fingerprint density at radius 1 is 1.42 bits per heavy atom. The van der Waals surface area contributed by atoms with E-state index in [4.69, 9.17) is 4.74 Å². The van der Waals surface area contributed by atoms with Crippen molar-refractivity contribution in [2.45, 2.75) is 6.54 Å². The third-order valence-electron chi connectivity index (χ3n) is 3.33. The Bertz CT molecular complexity index is 951. The molecule has 1 aromatic carbocycles. The highest BCUT2D eigenvalue weighted by atomic mass is 19.1. The Hall–Kier alpha value is -3.83. The van der Waals surface area contributed by atoms with Crippen molar-refractivity contribution in [3.63, 3.8) is 0 Å². The molecule has 0 spiro atoms. The van der Waals surface area contributed by atoms with Crippen molar-refractivity contribution in [3.8, 4) is 5.88 Å². The number of aromatic amines is 1. The number of rotatable bonds is 6. The zero-order chi connectivity index (χ0) is 18.7. The lowest BCUT2D eigenvalue weighted by atomic mass is 10.2. The highest BCUT2D eigenvalue weighted by Gasteiger charge is 2.30. The van der Waals surface area contributed by atoms with Crippen molar-refractivity contribution in [2.75, 3.05) is 12.4 Å². The second-order valence-corrected chi connectivity index (χ2v) is 5.06. The number of aromatic nitrogens is 5. The Labute approximate surface area is 145 Å². The summed E-state index contributed by atoms with van der Waals surface area (Å²) in [5, 5.41) is 23.3. The minimum absolute atomic E-state index is 0.0556. The zero-order valence-electron chi connectivity index (χ0n) is 13.3. The van der Waals surface area contributed by atoms with E-state index in [1.807, 2.05) is 0 Å². The van der Waals surface area contributed by atoms with Gasteiger partial charge in [0.25, 0.3) is 5.91 Å². The Morgan fingerprint density at radius 2 is 2.15 bits per heavy atom. The van der Waals surface area contributed by atoms with Crippen LogP contribution in [0.5, 0.6) is 5.88 Å². The van der Waals surface area contributed by atoms with Gasteiger partial charge in [-0.05, 0) is 17.7 Å². The molecule has 26 heavy (non-hydrogen) atoms.